The van der Waals surface area contributed by atoms with Crippen LogP contribution in [0.15, 0.2) is 34.5 Å². The number of hydroxylamine groups is 3. The average molecular weight is 818 g/mol. The molecule has 6 rings (SSSR count). The number of allylic oxidation sites excluding steroid dienone is 1. The lowest BCUT2D eigenvalue weighted by molar-refractivity contribution is -0.150. The molecule has 6 heterocycles. The van der Waals surface area contributed by atoms with Crippen LogP contribution in [0.2, 0.25) is 0 Å². The number of amides is 5. The lowest BCUT2D eigenvalue weighted by Gasteiger charge is -2.49. The first-order valence-corrected chi connectivity index (χ1v) is 19.3. The molecule has 0 aromatic carbocycles. The van der Waals surface area contributed by atoms with E-state index in [-0.39, 0.29) is 34.8 Å². The number of rotatable bonds is 14. The van der Waals surface area contributed by atoms with E-state index >= 15 is 0 Å². The van der Waals surface area contributed by atoms with Gasteiger partial charge < -0.3 is 36.3 Å². The van der Waals surface area contributed by atoms with Crippen LogP contribution in [0.5, 0.6) is 0 Å². The van der Waals surface area contributed by atoms with E-state index in [2.05, 4.69) is 42.0 Å². The predicted molar refractivity (Wildman–Crippen MR) is 185 cm³/mol. The van der Waals surface area contributed by atoms with Crippen LogP contribution in [-0.2, 0) is 48.3 Å². The Labute approximate surface area is 314 Å². The number of anilines is 1. The van der Waals surface area contributed by atoms with Gasteiger partial charge in [0.25, 0.3) is 17.7 Å². The van der Waals surface area contributed by atoms with Crippen molar-refractivity contribution in [1.29, 1.82) is 0 Å². The summed E-state index contributed by atoms with van der Waals surface area (Å²) in [6.45, 7) is 4.19. The number of piperidine rings is 1. The number of thiazole rings is 1. The fourth-order valence-corrected chi connectivity index (χ4v) is 8.32. The average Bonchev–Trinajstić information content (AvgIpc) is 3.85. The van der Waals surface area contributed by atoms with Gasteiger partial charge in [-0.05, 0) is 37.8 Å². The number of carboxylic acid groups (broad SMARTS) is 2. The van der Waals surface area contributed by atoms with Crippen LogP contribution in [-0.4, -0.2) is 146 Å². The highest BCUT2D eigenvalue weighted by molar-refractivity contribution is 8.00. The van der Waals surface area contributed by atoms with E-state index in [0.717, 1.165) is 35.6 Å². The molecule has 0 aliphatic carbocycles. The Morgan fingerprint density at radius 1 is 1.20 bits per heavy atom. The Hall–Kier alpha value is -4.86. The van der Waals surface area contributed by atoms with Gasteiger partial charge in [0, 0.05) is 23.7 Å². The third-order valence-electron chi connectivity index (χ3n) is 8.48. The number of nitrogen functional groups attached to an aromatic ring is 1. The molecule has 1 aromatic rings. The van der Waals surface area contributed by atoms with Crippen LogP contribution < -0.4 is 21.8 Å². The van der Waals surface area contributed by atoms with Crippen molar-refractivity contribution in [2.75, 3.05) is 37.8 Å². The number of carboxylic acids is 2. The number of nitrogens with one attached hydrogen (secondary N) is 3. The second-order valence-corrected chi connectivity index (χ2v) is 15.0. The maximum Gasteiger partial charge on any atom is 0.418 e. The zero-order valence-electron chi connectivity index (χ0n) is 28.0. The van der Waals surface area contributed by atoms with Gasteiger partial charge in [-0.3, -0.25) is 28.7 Å². The highest BCUT2D eigenvalue weighted by Crippen LogP contribution is 2.40. The lowest BCUT2D eigenvalue weighted by atomic mass is 10.0. The van der Waals surface area contributed by atoms with E-state index in [1.54, 1.807) is 0 Å². The van der Waals surface area contributed by atoms with Crippen molar-refractivity contribution < 1.29 is 65.9 Å². The molecular weight excluding hydrogens is 783 g/mol. The van der Waals surface area contributed by atoms with E-state index in [4.69, 9.17) is 20.2 Å². The molecule has 294 valence electrons. The third-order valence-corrected chi connectivity index (χ3v) is 10.8. The quantitative estimate of drug-likeness (QED) is 0.0473. The van der Waals surface area contributed by atoms with Crippen LogP contribution in [0, 0.1) is 0 Å². The number of fused-ring (bicyclic) bond motifs is 3. The summed E-state index contributed by atoms with van der Waals surface area (Å²) in [4.78, 5) is 87.9. The van der Waals surface area contributed by atoms with Gasteiger partial charge in [-0.1, -0.05) is 17.8 Å². The van der Waals surface area contributed by atoms with E-state index in [0.29, 0.717) is 35.8 Å². The molecule has 5 atom stereocenters. The molecule has 8 N–H and O–H groups in total. The molecule has 1 aromatic heterocycles. The molecule has 4 fully saturated rings. The zero-order chi connectivity index (χ0) is 39.3. The van der Waals surface area contributed by atoms with Crippen LogP contribution in [0.1, 0.15) is 31.4 Å². The van der Waals surface area contributed by atoms with Crippen molar-refractivity contribution in [3.63, 3.8) is 0 Å². The van der Waals surface area contributed by atoms with Crippen molar-refractivity contribution >= 4 is 80.0 Å². The number of nitrogens with two attached hydrogens (primary N) is 1. The van der Waals surface area contributed by atoms with Gasteiger partial charge in [0.2, 0.25) is 6.61 Å². The zero-order valence-corrected chi connectivity index (χ0v) is 30.4. The Bertz CT molecular complexity index is 1870. The van der Waals surface area contributed by atoms with Gasteiger partial charge in [0.15, 0.2) is 10.8 Å². The maximum atomic E-state index is 12.7. The standard InChI is InChI=1S/C16H15N5O7S2.C12H20N4O7S/c1-2-6-4-29-14-10(13(25)21(14)11(6)15(26)27)19-12(24)9(20-28-3-8(22)23)7-5-30-16(17)18-7;17-11(14-22-7-8-2-1-5-13-8)10-4-3-9-6-15(10)12(18)16(9)23-24(19,20)21/h2,5,10,14H,1,3-4H2,(H2,17,18)(H,19,24)(H,22,23)(H,26,27);8-10,13H,1-7H2,(H,14,17)(H,19,20,21)/b20-9-;/t10-,14-;8-,9+,10-/m10/s1. The van der Waals surface area contributed by atoms with Gasteiger partial charge in [0.05, 0.1) is 12.6 Å². The smallest absolute Gasteiger partial charge is 0.418 e. The van der Waals surface area contributed by atoms with Gasteiger partial charge in [-0.2, -0.15) is 13.5 Å². The maximum absolute atomic E-state index is 12.7. The molecule has 5 aliphatic rings. The minimum absolute atomic E-state index is 0.0420. The topological polar surface area (TPSA) is 322 Å². The summed E-state index contributed by atoms with van der Waals surface area (Å²) in [5.74, 6) is -4.19. The number of hydrogen-bond acceptors (Lipinski definition) is 17. The Morgan fingerprint density at radius 3 is 2.57 bits per heavy atom. The van der Waals surface area contributed by atoms with Crippen LogP contribution in [0.4, 0.5) is 9.93 Å². The van der Waals surface area contributed by atoms with Crippen molar-refractivity contribution in [2.45, 2.75) is 55.2 Å². The number of nitrogens with zero attached hydrogens (tertiary/aromatic N) is 5. The summed E-state index contributed by atoms with van der Waals surface area (Å²) in [5, 5.41) is 28.9. The van der Waals surface area contributed by atoms with Crippen LogP contribution in [0.3, 0.4) is 0 Å². The molecule has 5 amide bonds. The summed E-state index contributed by atoms with van der Waals surface area (Å²) < 4.78 is 34.7. The fourth-order valence-electron chi connectivity index (χ4n) is 6.05. The number of oxime groups is 1. The normalized spacial score (nSPS) is 24.9. The molecule has 23 nitrogen and oxygen atoms in total. The minimum Gasteiger partial charge on any atom is -0.479 e. The van der Waals surface area contributed by atoms with Crippen LogP contribution >= 0.6 is 23.1 Å². The number of β-lactam (4-membered cyclic amide) rings is 1. The SMILES string of the molecule is C=CC1=C(C(=O)O)N2C(=O)[C@@H](NC(=O)/C(=N\OCC(=O)O)c3csc(N)n3)[C@H]2SC1.O=C(NOC[C@@H]1CCCN1)[C@@H]1CC[C@@H]2CN1C(=O)N2OS(=O)(=O)O. The number of aromatic nitrogens is 1. The summed E-state index contributed by atoms with van der Waals surface area (Å²) >= 11 is 2.30. The van der Waals surface area contributed by atoms with Crippen molar-refractivity contribution in [3.8, 4) is 0 Å². The summed E-state index contributed by atoms with van der Waals surface area (Å²) in [5.41, 5.74) is 7.82. The second kappa shape index (κ2) is 17.1. The molecule has 0 unspecified atom stereocenters. The van der Waals surface area contributed by atoms with Gasteiger partial charge in [0.1, 0.15) is 28.8 Å². The highest BCUT2D eigenvalue weighted by Gasteiger charge is 2.54. The molecule has 54 heavy (non-hydrogen) atoms. The Morgan fingerprint density at radius 2 is 1.96 bits per heavy atom. The lowest BCUT2D eigenvalue weighted by Crippen LogP contribution is -2.71. The second-order valence-electron chi connectivity index (χ2n) is 12.0. The van der Waals surface area contributed by atoms with Gasteiger partial charge in [-0.15, -0.1) is 27.4 Å². The third kappa shape index (κ3) is 9.25. The predicted octanol–water partition coefficient (Wildman–Crippen LogP) is -1.76. The summed E-state index contributed by atoms with van der Waals surface area (Å²) in [7, 11) is -4.79. The molecule has 0 saturated carbocycles. The number of carbonyl (C=O) groups is 6. The number of aliphatic carboxylic acids is 2. The van der Waals surface area contributed by atoms with E-state index in [1.807, 2.05) is 0 Å². The van der Waals surface area contributed by atoms with E-state index in [1.165, 1.54) is 28.1 Å². The van der Waals surface area contributed by atoms with Crippen molar-refractivity contribution in [3.05, 3.63) is 35.0 Å². The number of urea groups is 1. The van der Waals surface area contributed by atoms with E-state index in [9.17, 15) is 42.3 Å². The van der Waals surface area contributed by atoms with Gasteiger partial charge >= 0.3 is 28.4 Å². The molecule has 5 aliphatic heterocycles. The molecule has 26 heteroatoms. The Balaban J connectivity index is 0.000000213. The monoisotopic (exact) mass is 817 g/mol. The largest absolute Gasteiger partial charge is 0.479 e. The first-order valence-electron chi connectivity index (χ1n) is 16.0. The highest BCUT2D eigenvalue weighted by atomic mass is 32.3. The molecule has 0 spiro atoms. The van der Waals surface area contributed by atoms with Crippen molar-refractivity contribution in [1.82, 2.24) is 36.0 Å². The number of carbonyl (C=O) groups excluding carboxylic acids is 4. The Kier molecular flexibility index (Phi) is 12.8. The summed E-state index contributed by atoms with van der Waals surface area (Å²) in [6, 6.07) is -2.86. The fraction of sp³-hybridized carbons (Fsp3) is 0.500. The summed E-state index contributed by atoms with van der Waals surface area (Å²) in [6.07, 6.45) is 4.15. The molecular formula is C28H35N9O14S3. The molecule has 0 radical (unpaired) electrons. The molecule has 4 saturated heterocycles. The number of thioether (sulfide) groups is 1. The molecule has 2 bridgehead atoms. The van der Waals surface area contributed by atoms with Gasteiger partial charge in [-0.25, -0.2) is 24.8 Å². The first kappa shape index (κ1) is 40.3. The minimum atomic E-state index is -4.79. The van der Waals surface area contributed by atoms with Crippen LogP contribution in [0.25, 0.3) is 0 Å². The first-order chi connectivity index (χ1) is 25.6. The number of hydrogen-bond donors (Lipinski definition) is 7. The van der Waals surface area contributed by atoms with E-state index < -0.39 is 76.2 Å². The van der Waals surface area contributed by atoms with Crippen molar-refractivity contribution in [2.24, 2.45) is 5.16 Å².